The van der Waals surface area contributed by atoms with Gasteiger partial charge in [0, 0.05) is 25.4 Å². The minimum Gasteiger partial charge on any atom is -0.359 e. The molecule has 4 nitrogen and oxygen atoms in total. The van der Waals surface area contributed by atoms with Crippen molar-refractivity contribution in [1.82, 2.24) is 20.4 Å². The molecule has 2 rings (SSSR count). The molecule has 0 saturated heterocycles. The molecular formula is C16H22N4S. The van der Waals surface area contributed by atoms with Crippen LogP contribution in [0.1, 0.15) is 35.3 Å². The Morgan fingerprint density at radius 3 is 2.52 bits per heavy atom. The molecule has 0 bridgehead atoms. The number of rotatable bonds is 4. The number of hydrogen-bond donors (Lipinski definition) is 2. The van der Waals surface area contributed by atoms with E-state index in [1.807, 2.05) is 24.9 Å². The van der Waals surface area contributed by atoms with Gasteiger partial charge < -0.3 is 10.6 Å². The molecule has 0 radical (unpaired) electrons. The molecule has 0 amide bonds. The van der Waals surface area contributed by atoms with Gasteiger partial charge in [-0.15, -0.1) is 0 Å². The van der Waals surface area contributed by atoms with E-state index in [1.54, 1.807) is 0 Å². The van der Waals surface area contributed by atoms with Crippen molar-refractivity contribution in [3.8, 4) is 0 Å². The molecule has 1 heterocycles. The van der Waals surface area contributed by atoms with Crippen LogP contribution in [0.2, 0.25) is 0 Å². The Kier molecular flexibility index (Phi) is 4.96. The average molecular weight is 302 g/mol. The van der Waals surface area contributed by atoms with Gasteiger partial charge in [0.15, 0.2) is 5.11 Å². The zero-order valence-corrected chi connectivity index (χ0v) is 13.8. The molecule has 1 atom stereocenters. The Labute approximate surface area is 131 Å². The number of nitrogens with zero attached hydrogens (tertiary/aromatic N) is 2. The van der Waals surface area contributed by atoms with Gasteiger partial charge in [-0.3, -0.25) is 4.68 Å². The first-order valence-corrected chi connectivity index (χ1v) is 7.46. The number of hydrogen-bond acceptors (Lipinski definition) is 2. The lowest BCUT2D eigenvalue weighted by molar-refractivity contribution is 0.692. The van der Waals surface area contributed by atoms with Gasteiger partial charge in [0.1, 0.15) is 0 Å². The van der Waals surface area contributed by atoms with Crippen LogP contribution in [0.25, 0.3) is 0 Å². The van der Waals surface area contributed by atoms with Crippen molar-refractivity contribution in [2.24, 2.45) is 7.05 Å². The van der Waals surface area contributed by atoms with E-state index in [4.69, 9.17) is 12.2 Å². The summed E-state index contributed by atoms with van der Waals surface area (Å²) in [6, 6.07) is 8.57. The van der Waals surface area contributed by atoms with Crippen LogP contribution in [0.4, 0.5) is 0 Å². The van der Waals surface area contributed by atoms with Gasteiger partial charge in [0.05, 0.1) is 11.7 Å². The minimum atomic E-state index is 0.136. The maximum Gasteiger partial charge on any atom is 0.167 e. The van der Waals surface area contributed by atoms with E-state index in [0.717, 1.165) is 17.8 Å². The third kappa shape index (κ3) is 4.29. The molecule has 0 saturated carbocycles. The van der Waals surface area contributed by atoms with Crippen molar-refractivity contribution in [2.75, 3.05) is 0 Å². The molecule has 1 aromatic heterocycles. The fourth-order valence-corrected chi connectivity index (χ4v) is 2.51. The van der Waals surface area contributed by atoms with E-state index in [9.17, 15) is 0 Å². The summed E-state index contributed by atoms with van der Waals surface area (Å²) in [7, 11) is 1.93. The zero-order valence-electron chi connectivity index (χ0n) is 13.0. The van der Waals surface area contributed by atoms with E-state index in [1.165, 1.54) is 11.1 Å². The largest absolute Gasteiger partial charge is 0.359 e. The molecule has 21 heavy (non-hydrogen) atoms. The fourth-order valence-electron chi connectivity index (χ4n) is 2.26. The summed E-state index contributed by atoms with van der Waals surface area (Å²) in [4.78, 5) is 0. The number of nitrogens with one attached hydrogen (secondary N) is 2. The summed E-state index contributed by atoms with van der Waals surface area (Å²) in [5, 5.41) is 11.6. The Balaban J connectivity index is 1.87. The summed E-state index contributed by atoms with van der Waals surface area (Å²) >= 11 is 5.36. The standard InChI is InChI=1S/C16H22N4S/c1-11-5-7-14(8-6-11)9-17-16(21)18-12(2)15-10-20(4)19-13(15)3/h5-8,10,12H,9H2,1-4H3,(H2,17,18,21). The van der Waals surface area contributed by atoms with Gasteiger partial charge in [-0.05, 0) is 38.6 Å². The lowest BCUT2D eigenvalue weighted by Crippen LogP contribution is -2.36. The Bertz CT molecular complexity index is 616. The Hall–Kier alpha value is -1.88. The Morgan fingerprint density at radius 2 is 1.95 bits per heavy atom. The predicted octanol–water partition coefficient (Wildman–Crippen LogP) is 2.76. The first kappa shape index (κ1) is 15.5. The van der Waals surface area contributed by atoms with Crippen molar-refractivity contribution in [3.05, 3.63) is 52.8 Å². The molecule has 2 N–H and O–H groups in total. The number of thiocarbonyl (C=S) groups is 1. The van der Waals surface area contributed by atoms with E-state index in [-0.39, 0.29) is 6.04 Å². The van der Waals surface area contributed by atoms with E-state index < -0.39 is 0 Å². The number of benzene rings is 1. The van der Waals surface area contributed by atoms with Crippen LogP contribution < -0.4 is 10.6 Å². The molecule has 0 spiro atoms. The number of aryl methyl sites for hydroxylation is 3. The predicted molar refractivity (Wildman–Crippen MR) is 90.1 cm³/mol. The van der Waals surface area contributed by atoms with Crippen molar-refractivity contribution < 1.29 is 0 Å². The van der Waals surface area contributed by atoms with E-state index in [0.29, 0.717) is 5.11 Å². The topological polar surface area (TPSA) is 41.9 Å². The van der Waals surface area contributed by atoms with Crippen LogP contribution in [0.3, 0.4) is 0 Å². The fraction of sp³-hybridized carbons (Fsp3) is 0.375. The summed E-state index contributed by atoms with van der Waals surface area (Å²) in [6.07, 6.45) is 2.02. The summed E-state index contributed by atoms with van der Waals surface area (Å²) in [5.41, 5.74) is 4.67. The summed E-state index contributed by atoms with van der Waals surface area (Å²) in [6.45, 7) is 6.91. The molecule has 2 aromatic rings. The zero-order chi connectivity index (χ0) is 15.4. The second kappa shape index (κ2) is 6.72. The van der Waals surface area contributed by atoms with Crippen LogP contribution >= 0.6 is 12.2 Å². The molecule has 0 aliphatic rings. The lowest BCUT2D eigenvalue weighted by atomic mass is 10.1. The second-order valence-corrected chi connectivity index (χ2v) is 5.79. The highest BCUT2D eigenvalue weighted by atomic mass is 32.1. The minimum absolute atomic E-state index is 0.136. The summed E-state index contributed by atoms with van der Waals surface area (Å²) < 4.78 is 1.83. The van der Waals surface area contributed by atoms with Gasteiger partial charge >= 0.3 is 0 Å². The van der Waals surface area contributed by atoms with Gasteiger partial charge in [-0.2, -0.15) is 5.10 Å². The van der Waals surface area contributed by atoms with Crippen LogP contribution in [0, 0.1) is 13.8 Å². The van der Waals surface area contributed by atoms with Crippen molar-refractivity contribution in [1.29, 1.82) is 0 Å². The van der Waals surface area contributed by atoms with Crippen LogP contribution in [-0.2, 0) is 13.6 Å². The molecule has 1 aromatic carbocycles. The van der Waals surface area contributed by atoms with Gasteiger partial charge in [0.2, 0.25) is 0 Å². The van der Waals surface area contributed by atoms with Crippen molar-refractivity contribution in [2.45, 2.75) is 33.4 Å². The highest BCUT2D eigenvalue weighted by molar-refractivity contribution is 7.80. The maximum absolute atomic E-state index is 5.36. The molecule has 0 fully saturated rings. The molecule has 0 aliphatic carbocycles. The molecule has 5 heteroatoms. The van der Waals surface area contributed by atoms with E-state index in [2.05, 4.69) is 53.8 Å². The molecular weight excluding hydrogens is 280 g/mol. The first-order chi connectivity index (χ1) is 9.95. The molecule has 112 valence electrons. The van der Waals surface area contributed by atoms with Gasteiger partial charge in [-0.1, -0.05) is 29.8 Å². The summed E-state index contributed by atoms with van der Waals surface area (Å²) in [5.74, 6) is 0. The first-order valence-electron chi connectivity index (χ1n) is 7.05. The lowest BCUT2D eigenvalue weighted by Gasteiger charge is -2.16. The molecule has 1 unspecified atom stereocenters. The van der Waals surface area contributed by atoms with Gasteiger partial charge in [0.25, 0.3) is 0 Å². The van der Waals surface area contributed by atoms with Crippen LogP contribution in [0.15, 0.2) is 30.5 Å². The average Bonchev–Trinajstić information content (AvgIpc) is 2.77. The third-order valence-electron chi connectivity index (χ3n) is 3.44. The second-order valence-electron chi connectivity index (χ2n) is 5.38. The monoisotopic (exact) mass is 302 g/mol. The van der Waals surface area contributed by atoms with E-state index >= 15 is 0 Å². The quantitative estimate of drug-likeness (QED) is 0.852. The van der Waals surface area contributed by atoms with Crippen molar-refractivity contribution >= 4 is 17.3 Å². The Morgan fingerprint density at radius 1 is 1.29 bits per heavy atom. The maximum atomic E-state index is 5.36. The number of aromatic nitrogens is 2. The third-order valence-corrected chi connectivity index (χ3v) is 3.70. The highest BCUT2D eigenvalue weighted by Crippen LogP contribution is 2.15. The van der Waals surface area contributed by atoms with Crippen LogP contribution in [0.5, 0.6) is 0 Å². The smallest absolute Gasteiger partial charge is 0.167 e. The van der Waals surface area contributed by atoms with Crippen LogP contribution in [-0.4, -0.2) is 14.9 Å². The van der Waals surface area contributed by atoms with Gasteiger partial charge in [-0.25, -0.2) is 0 Å². The highest BCUT2D eigenvalue weighted by Gasteiger charge is 2.12. The van der Waals surface area contributed by atoms with Crippen molar-refractivity contribution in [3.63, 3.8) is 0 Å². The normalized spacial score (nSPS) is 12.0. The SMILES string of the molecule is Cc1ccc(CNC(=S)NC(C)c2cn(C)nc2C)cc1. The molecule has 0 aliphatic heterocycles.